The molecule has 0 radical (unpaired) electrons. The number of hydrogen-bond donors (Lipinski definition) is 3. The Labute approximate surface area is 60.1 Å². The van der Waals surface area contributed by atoms with E-state index >= 15 is 0 Å². The lowest BCUT2D eigenvalue weighted by Gasteiger charge is -2.16. The molecule has 0 fully saturated rings. The highest BCUT2D eigenvalue weighted by molar-refractivity contribution is 5.67. The van der Waals surface area contributed by atoms with Gasteiger partial charge in [0, 0.05) is 0 Å². The molecule has 0 amide bonds. The number of carboxylic acid groups (broad SMARTS) is 1. The summed E-state index contributed by atoms with van der Waals surface area (Å²) < 4.78 is 35.0. The van der Waals surface area contributed by atoms with Crippen molar-refractivity contribution >= 4 is 5.97 Å². The summed E-state index contributed by atoms with van der Waals surface area (Å²) in [7, 11) is 0. The molecule has 1 atom stereocenters. The molecule has 0 aromatic carbocycles. The number of hydrazine groups is 1. The molecule has 11 heavy (non-hydrogen) atoms. The minimum absolute atomic E-state index is 1.07. The Balaban J connectivity index is 4.07. The second-order valence-corrected chi connectivity index (χ2v) is 1.86. The molecule has 0 aliphatic heterocycles. The first-order valence-corrected chi connectivity index (χ1v) is 2.62. The third-order valence-electron chi connectivity index (χ3n) is 0.975. The van der Waals surface area contributed by atoms with E-state index in [1.54, 1.807) is 0 Å². The average molecular weight is 172 g/mol. The lowest BCUT2D eigenvalue weighted by molar-refractivity contribution is -0.167. The second-order valence-electron chi connectivity index (χ2n) is 1.86. The number of aliphatic carboxylic acids is 1. The van der Waals surface area contributed by atoms with Crippen molar-refractivity contribution in [2.24, 2.45) is 5.84 Å². The van der Waals surface area contributed by atoms with Gasteiger partial charge in [-0.1, -0.05) is 0 Å². The van der Waals surface area contributed by atoms with Crippen LogP contribution in [0.15, 0.2) is 0 Å². The Bertz CT molecular complexity index is 147. The molecule has 1 unspecified atom stereocenters. The van der Waals surface area contributed by atoms with Crippen LogP contribution in [0, 0.1) is 0 Å². The van der Waals surface area contributed by atoms with Crippen LogP contribution in [0.2, 0.25) is 0 Å². The van der Waals surface area contributed by atoms with Crippen molar-refractivity contribution in [2.45, 2.75) is 18.6 Å². The molecule has 0 aliphatic carbocycles. The first kappa shape index (κ1) is 10.2. The van der Waals surface area contributed by atoms with E-state index in [4.69, 9.17) is 5.11 Å². The molecule has 0 aromatic rings. The number of rotatable bonds is 3. The standard InChI is InChI=1S/C4H7F3N2O2/c5-4(6,7)2(9-8)1-3(10)11/h2,9H,1,8H2,(H,10,11). The topological polar surface area (TPSA) is 75.3 Å². The summed E-state index contributed by atoms with van der Waals surface area (Å²) in [6.07, 6.45) is -5.69. The van der Waals surface area contributed by atoms with Crippen LogP contribution in [0.1, 0.15) is 6.42 Å². The first-order valence-electron chi connectivity index (χ1n) is 2.62. The third kappa shape index (κ3) is 3.79. The number of alkyl halides is 3. The van der Waals surface area contributed by atoms with Gasteiger partial charge in [0.1, 0.15) is 6.04 Å². The highest BCUT2D eigenvalue weighted by atomic mass is 19.4. The molecule has 4 nitrogen and oxygen atoms in total. The summed E-state index contributed by atoms with van der Waals surface area (Å²) in [4.78, 5) is 9.82. The molecule has 0 saturated heterocycles. The van der Waals surface area contributed by atoms with E-state index in [2.05, 4.69) is 5.84 Å². The van der Waals surface area contributed by atoms with Gasteiger partial charge in [-0.3, -0.25) is 10.6 Å². The molecular formula is C4H7F3N2O2. The molecule has 0 rings (SSSR count). The van der Waals surface area contributed by atoms with Crippen molar-refractivity contribution < 1.29 is 23.1 Å². The van der Waals surface area contributed by atoms with Crippen LogP contribution in [0.5, 0.6) is 0 Å². The van der Waals surface area contributed by atoms with Gasteiger partial charge >= 0.3 is 12.1 Å². The zero-order chi connectivity index (χ0) is 9.07. The fourth-order valence-electron chi connectivity index (χ4n) is 0.444. The Morgan fingerprint density at radius 1 is 1.64 bits per heavy atom. The van der Waals surface area contributed by atoms with Gasteiger partial charge in [-0.2, -0.15) is 13.2 Å². The molecule has 66 valence electrons. The minimum Gasteiger partial charge on any atom is -0.481 e. The van der Waals surface area contributed by atoms with E-state index in [1.807, 2.05) is 0 Å². The normalized spacial score (nSPS) is 14.5. The fourth-order valence-corrected chi connectivity index (χ4v) is 0.444. The van der Waals surface area contributed by atoms with Gasteiger partial charge in [-0.15, -0.1) is 0 Å². The van der Waals surface area contributed by atoms with Crippen LogP contribution in [-0.2, 0) is 4.79 Å². The second kappa shape index (κ2) is 3.54. The van der Waals surface area contributed by atoms with E-state index in [0.29, 0.717) is 0 Å². The Kier molecular flexibility index (Phi) is 3.27. The predicted octanol–water partition coefficient (Wildman–Crippen LogP) is -0.145. The number of nitrogens with two attached hydrogens (primary N) is 1. The summed E-state index contributed by atoms with van der Waals surface area (Å²) in [5.74, 6) is 2.92. The van der Waals surface area contributed by atoms with Crippen molar-refractivity contribution in [3.8, 4) is 0 Å². The monoisotopic (exact) mass is 172 g/mol. The van der Waals surface area contributed by atoms with Crippen LogP contribution in [0.25, 0.3) is 0 Å². The van der Waals surface area contributed by atoms with Crippen molar-refractivity contribution in [2.75, 3.05) is 0 Å². The van der Waals surface area contributed by atoms with Crippen LogP contribution >= 0.6 is 0 Å². The molecule has 0 spiro atoms. The van der Waals surface area contributed by atoms with E-state index in [-0.39, 0.29) is 0 Å². The summed E-state index contributed by atoms with van der Waals surface area (Å²) >= 11 is 0. The molecule has 7 heteroatoms. The third-order valence-corrected chi connectivity index (χ3v) is 0.975. The van der Waals surface area contributed by atoms with Crippen LogP contribution in [0.4, 0.5) is 13.2 Å². The van der Waals surface area contributed by atoms with E-state index in [9.17, 15) is 18.0 Å². The van der Waals surface area contributed by atoms with Crippen LogP contribution in [0.3, 0.4) is 0 Å². The van der Waals surface area contributed by atoms with Crippen molar-refractivity contribution in [3.05, 3.63) is 0 Å². The quantitative estimate of drug-likeness (QED) is 0.409. The van der Waals surface area contributed by atoms with Crippen molar-refractivity contribution in [1.29, 1.82) is 0 Å². The predicted molar refractivity (Wildman–Crippen MR) is 29.4 cm³/mol. The maximum atomic E-state index is 11.7. The smallest absolute Gasteiger partial charge is 0.405 e. The van der Waals surface area contributed by atoms with Gasteiger partial charge in [-0.05, 0) is 0 Å². The van der Waals surface area contributed by atoms with Gasteiger partial charge < -0.3 is 5.11 Å². The minimum atomic E-state index is -4.62. The first-order chi connectivity index (χ1) is 4.88. The molecule has 0 bridgehead atoms. The number of hydrogen-bond acceptors (Lipinski definition) is 3. The van der Waals surface area contributed by atoms with Crippen LogP contribution < -0.4 is 11.3 Å². The van der Waals surface area contributed by atoms with E-state index in [0.717, 1.165) is 0 Å². The Hall–Kier alpha value is -0.820. The molecule has 0 heterocycles. The Morgan fingerprint density at radius 3 is 2.18 bits per heavy atom. The summed E-state index contributed by atoms with van der Waals surface area (Å²) in [6, 6.07) is -2.18. The molecular weight excluding hydrogens is 165 g/mol. The highest BCUT2D eigenvalue weighted by Gasteiger charge is 2.40. The molecule has 4 N–H and O–H groups in total. The lowest BCUT2D eigenvalue weighted by Crippen LogP contribution is -2.47. The van der Waals surface area contributed by atoms with Gasteiger partial charge in [0.05, 0.1) is 6.42 Å². The highest BCUT2D eigenvalue weighted by Crippen LogP contribution is 2.21. The van der Waals surface area contributed by atoms with Gasteiger partial charge in [0.2, 0.25) is 0 Å². The number of halogens is 3. The summed E-state index contributed by atoms with van der Waals surface area (Å²) in [6.45, 7) is 0. The average Bonchev–Trinajstić information content (AvgIpc) is 1.79. The summed E-state index contributed by atoms with van der Waals surface area (Å²) in [5, 5.41) is 7.98. The van der Waals surface area contributed by atoms with Gasteiger partial charge in [0.25, 0.3) is 0 Å². The summed E-state index contributed by atoms with van der Waals surface area (Å²) in [5.41, 5.74) is 1.37. The maximum Gasteiger partial charge on any atom is 0.405 e. The molecule has 0 saturated carbocycles. The van der Waals surface area contributed by atoms with Crippen molar-refractivity contribution in [1.82, 2.24) is 5.43 Å². The Morgan fingerprint density at radius 2 is 2.09 bits per heavy atom. The zero-order valence-corrected chi connectivity index (χ0v) is 5.35. The SMILES string of the molecule is NNC(CC(=O)O)C(F)(F)F. The van der Waals surface area contributed by atoms with Gasteiger partial charge in [0.15, 0.2) is 0 Å². The van der Waals surface area contributed by atoms with E-state index < -0.39 is 24.6 Å². The molecule has 0 aliphatic rings. The van der Waals surface area contributed by atoms with Crippen LogP contribution in [-0.4, -0.2) is 23.3 Å². The zero-order valence-electron chi connectivity index (χ0n) is 5.35. The van der Waals surface area contributed by atoms with Crippen molar-refractivity contribution in [3.63, 3.8) is 0 Å². The lowest BCUT2D eigenvalue weighted by atomic mass is 10.2. The number of carbonyl (C=O) groups is 1. The maximum absolute atomic E-state index is 11.7. The van der Waals surface area contributed by atoms with E-state index in [1.165, 1.54) is 5.43 Å². The number of carboxylic acids is 1. The molecule has 0 aromatic heterocycles. The number of nitrogens with one attached hydrogen (secondary N) is 1. The fraction of sp³-hybridized carbons (Fsp3) is 0.750. The largest absolute Gasteiger partial charge is 0.481 e. The van der Waals surface area contributed by atoms with Gasteiger partial charge in [-0.25, -0.2) is 5.43 Å².